The fraction of sp³-hybridized carbons (Fsp3) is 0.250. The van der Waals surface area contributed by atoms with Gasteiger partial charge in [-0.1, -0.05) is 41.9 Å². The molecule has 1 heterocycles. The maximum absolute atomic E-state index is 10.3. The fourth-order valence-corrected chi connectivity index (χ4v) is 2.66. The zero-order valence-electron chi connectivity index (χ0n) is 11.7. The minimum Gasteiger partial charge on any atom is -0.454 e. The topological polar surface area (TPSA) is 64.7 Å². The number of aliphatic hydroxyl groups excluding tert-OH is 1. The number of halogens is 2. The molecule has 2 atom stereocenters. The van der Waals surface area contributed by atoms with Crippen LogP contribution in [0, 0.1) is 0 Å². The number of hydrogen-bond donors (Lipinski definition) is 2. The zero-order chi connectivity index (χ0) is 14.8. The summed E-state index contributed by atoms with van der Waals surface area (Å²) in [6.07, 6.45) is -0.266. The Morgan fingerprint density at radius 1 is 1.14 bits per heavy atom. The highest BCUT2D eigenvalue weighted by atomic mass is 35.5. The van der Waals surface area contributed by atoms with Crippen LogP contribution in [-0.4, -0.2) is 18.0 Å². The summed E-state index contributed by atoms with van der Waals surface area (Å²) in [6, 6.07) is 12.5. The van der Waals surface area contributed by atoms with Gasteiger partial charge in [0.25, 0.3) is 0 Å². The lowest BCUT2D eigenvalue weighted by molar-refractivity contribution is 0.145. The Bertz CT molecular complexity index is 637. The molecule has 0 aromatic heterocycles. The van der Waals surface area contributed by atoms with Gasteiger partial charge in [0.05, 0.1) is 12.1 Å². The molecule has 0 radical (unpaired) electrons. The SMILES string of the molecule is Cl.N[C@@H](c1cc2c(cc1Cl)OCO2)[C@H](O)Cc1ccccc1. The highest BCUT2D eigenvalue weighted by molar-refractivity contribution is 6.31. The first kappa shape index (κ1) is 16.9. The summed E-state index contributed by atoms with van der Waals surface area (Å²) < 4.78 is 10.6. The van der Waals surface area contributed by atoms with Crippen molar-refractivity contribution in [1.82, 2.24) is 0 Å². The second-order valence-electron chi connectivity index (χ2n) is 5.01. The first-order chi connectivity index (χ1) is 10.1. The molecule has 0 spiro atoms. The van der Waals surface area contributed by atoms with E-state index in [-0.39, 0.29) is 19.2 Å². The maximum Gasteiger partial charge on any atom is 0.231 e. The standard InChI is InChI=1S/C16H16ClNO3.ClH/c17-12-8-15-14(20-9-21-15)7-11(12)16(18)13(19)6-10-4-2-1-3-5-10;/h1-5,7-8,13,16,19H,6,9,18H2;1H/t13-,16+;/m1./s1. The number of nitrogens with two attached hydrogens (primary N) is 1. The lowest BCUT2D eigenvalue weighted by atomic mass is 9.96. The van der Waals surface area contributed by atoms with Gasteiger partial charge in [0.1, 0.15) is 0 Å². The molecule has 0 amide bonds. The molecule has 4 nitrogen and oxygen atoms in total. The Labute approximate surface area is 140 Å². The van der Waals surface area contributed by atoms with Crippen LogP contribution >= 0.6 is 24.0 Å². The van der Waals surface area contributed by atoms with Gasteiger partial charge in [-0.15, -0.1) is 12.4 Å². The summed E-state index contributed by atoms with van der Waals surface area (Å²) in [5.41, 5.74) is 7.83. The highest BCUT2D eigenvalue weighted by Gasteiger charge is 2.24. The van der Waals surface area contributed by atoms with Crippen molar-refractivity contribution in [2.75, 3.05) is 6.79 Å². The van der Waals surface area contributed by atoms with Crippen LogP contribution in [0.25, 0.3) is 0 Å². The van der Waals surface area contributed by atoms with Gasteiger partial charge >= 0.3 is 0 Å². The minimum atomic E-state index is -0.731. The third-order valence-corrected chi connectivity index (χ3v) is 3.88. The molecule has 2 aromatic rings. The minimum absolute atomic E-state index is 0. The van der Waals surface area contributed by atoms with E-state index in [0.29, 0.717) is 28.5 Å². The Morgan fingerprint density at radius 3 is 2.45 bits per heavy atom. The van der Waals surface area contributed by atoms with E-state index in [1.165, 1.54) is 0 Å². The van der Waals surface area contributed by atoms with Gasteiger partial charge in [-0.2, -0.15) is 0 Å². The molecule has 0 aliphatic carbocycles. The fourth-order valence-electron chi connectivity index (χ4n) is 2.38. The number of fused-ring (bicyclic) bond motifs is 1. The Morgan fingerprint density at radius 2 is 1.77 bits per heavy atom. The Kier molecular flexibility index (Phi) is 5.53. The molecule has 0 saturated carbocycles. The van der Waals surface area contributed by atoms with Crippen LogP contribution in [0.5, 0.6) is 11.5 Å². The first-order valence-electron chi connectivity index (χ1n) is 6.72. The number of benzene rings is 2. The molecule has 1 aliphatic heterocycles. The van der Waals surface area contributed by atoms with Crippen molar-refractivity contribution in [1.29, 1.82) is 0 Å². The first-order valence-corrected chi connectivity index (χ1v) is 7.09. The summed E-state index contributed by atoms with van der Waals surface area (Å²) in [4.78, 5) is 0. The van der Waals surface area contributed by atoms with Crippen molar-refractivity contribution < 1.29 is 14.6 Å². The number of aliphatic hydroxyl groups is 1. The highest BCUT2D eigenvalue weighted by Crippen LogP contribution is 2.39. The lowest BCUT2D eigenvalue weighted by Crippen LogP contribution is -2.28. The van der Waals surface area contributed by atoms with Gasteiger partial charge in [0.2, 0.25) is 6.79 Å². The molecule has 0 fully saturated rings. The van der Waals surface area contributed by atoms with E-state index in [9.17, 15) is 5.11 Å². The van der Waals surface area contributed by atoms with Crippen LogP contribution in [0.15, 0.2) is 42.5 Å². The number of ether oxygens (including phenoxy) is 2. The summed E-state index contributed by atoms with van der Waals surface area (Å²) in [6.45, 7) is 0.178. The normalized spacial score (nSPS) is 15.0. The molecule has 0 bridgehead atoms. The summed E-state index contributed by atoms with van der Waals surface area (Å²) in [5.74, 6) is 1.21. The van der Waals surface area contributed by atoms with E-state index < -0.39 is 12.1 Å². The van der Waals surface area contributed by atoms with Crippen LogP contribution in [0.4, 0.5) is 0 Å². The summed E-state index contributed by atoms with van der Waals surface area (Å²) in [5, 5.41) is 10.8. The average molecular weight is 342 g/mol. The molecule has 0 unspecified atom stereocenters. The van der Waals surface area contributed by atoms with Gasteiger partial charge in [0, 0.05) is 17.5 Å². The average Bonchev–Trinajstić information content (AvgIpc) is 2.93. The molecular weight excluding hydrogens is 325 g/mol. The van der Waals surface area contributed by atoms with Crippen LogP contribution in [0.3, 0.4) is 0 Å². The van der Waals surface area contributed by atoms with Crippen LogP contribution in [0.1, 0.15) is 17.2 Å². The molecule has 1 aliphatic rings. The van der Waals surface area contributed by atoms with Gasteiger partial charge in [0.15, 0.2) is 11.5 Å². The van der Waals surface area contributed by atoms with E-state index in [0.717, 1.165) is 5.56 Å². The molecule has 118 valence electrons. The van der Waals surface area contributed by atoms with Gasteiger partial charge < -0.3 is 20.3 Å². The van der Waals surface area contributed by atoms with Crippen LogP contribution in [0.2, 0.25) is 5.02 Å². The van der Waals surface area contributed by atoms with Crippen molar-refractivity contribution in [3.8, 4) is 11.5 Å². The van der Waals surface area contributed by atoms with Crippen molar-refractivity contribution in [3.05, 3.63) is 58.6 Å². The van der Waals surface area contributed by atoms with Crippen molar-refractivity contribution in [2.45, 2.75) is 18.6 Å². The van der Waals surface area contributed by atoms with Crippen molar-refractivity contribution >= 4 is 24.0 Å². The van der Waals surface area contributed by atoms with E-state index in [2.05, 4.69) is 0 Å². The lowest BCUT2D eigenvalue weighted by Gasteiger charge is -2.20. The van der Waals surface area contributed by atoms with E-state index in [4.69, 9.17) is 26.8 Å². The quantitative estimate of drug-likeness (QED) is 0.896. The van der Waals surface area contributed by atoms with Crippen LogP contribution in [-0.2, 0) is 6.42 Å². The Hall–Kier alpha value is -1.46. The van der Waals surface area contributed by atoms with Crippen molar-refractivity contribution in [2.24, 2.45) is 5.73 Å². The smallest absolute Gasteiger partial charge is 0.231 e. The largest absolute Gasteiger partial charge is 0.454 e. The van der Waals surface area contributed by atoms with E-state index in [1.54, 1.807) is 12.1 Å². The zero-order valence-corrected chi connectivity index (χ0v) is 13.3. The van der Waals surface area contributed by atoms with Gasteiger partial charge in [-0.05, 0) is 17.2 Å². The Balaban J connectivity index is 0.00000176. The monoisotopic (exact) mass is 341 g/mol. The van der Waals surface area contributed by atoms with E-state index in [1.807, 2.05) is 30.3 Å². The molecule has 3 N–H and O–H groups in total. The summed E-state index contributed by atoms with van der Waals surface area (Å²) >= 11 is 6.22. The van der Waals surface area contributed by atoms with Crippen molar-refractivity contribution in [3.63, 3.8) is 0 Å². The number of rotatable bonds is 4. The third-order valence-electron chi connectivity index (χ3n) is 3.55. The molecule has 2 aromatic carbocycles. The molecule has 22 heavy (non-hydrogen) atoms. The molecule has 0 saturated heterocycles. The predicted molar refractivity (Wildman–Crippen MR) is 87.9 cm³/mol. The van der Waals surface area contributed by atoms with E-state index >= 15 is 0 Å². The third kappa shape index (κ3) is 3.47. The number of hydrogen-bond acceptors (Lipinski definition) is 4. The second kappa shape index (κ2) is 7.20. The molecule has 6 heteroatoms. The predicted octanol–water partition coefficient (Wildman–Crippen LogP) is 3.09. The summed E-state index contributed by atoms with van der Waals surface area (Å²) in [7, 11) is 0. The second-order valence-corrected chi connectivity index (χ2v) is 5.42. The van der Waals surface area contributed by atoms with Gasteiger partial charge in [-0.25, -0.2) is 0 Å². The van der Waals surface area contributed by atoms with Gasteiger partial charge in [-0.3, -0.25) is 0 Å². The maximum atomic E-state index is 10.3. The molecular formula is C16H17Cl2NO3. The van der Waals surface area contributed by atoms with Crippen LogP contribution < -0.4 is 15.2 Å². The molecule has 3 rings (SSSR count).